The number of hydrogen-bond donors (Lipinski definition) is 1. The number of hydrogen-bond acceptors (Lipinski definition) is 2. The van der Waals surface area contributed by atoms with Gasteiger partial charge in [-0.25, -0.2) is 0 Å². The van der Waals surface area contributed by atoms with E-state index in [-0.39, 0.29) is 12.1 Å². The van der Waals surface area contributed by atoms with Gasteiger partial charge in [-0.15, -0.1) is 0 Å². The zero-order valence-corrected chi connectivity index (χ0v) is 13.5. The molecule has 0 unspecified atom stereocenters. The Balaban J connectivity index is 2.03. The number of ether oxygens (including phenoxy) is 1. The van der Waals surface area contributed by atoms with E-state index in [1.165, 1.54) is 13.2 Å². The Labute approximate surface area is 142 Å². The van der Waals surface area contributed by atoms with E-state index in [1.54, 1.807) is 6.07 Å². The van der Waals surface area contributed by atoms with E-state index in [0.29, 0.717) is 12.2 Å². The Morgan fingerprint density at radius 1 is 1.21 bits per heavy atom. The van der Waals surface area contributed by atoms with Gasteiger partial charge in [-0.1, -0.05) is 29.8 Å². The van der Waals surface area contributed by atoms with E-state index >= 15 is 0 Å². The second-order valence-electron chi connectivity index (χ2n) is 5.05. The predicted molar refractivity (Wildman–Crippen MR) is 86.4 cm³/mol. The number of para-hydroxylation sites is 1. The van der Waals surface area contributed by atoms with Crippen molar-refractivity contribution in [3.05, 3.63) is 58.6 Å². The molecule has 0 saturated carbocycles. The normalized spacial score (nSPS) is 11.2. The molecule has 1 N–H and O–H groups in total. The topological polar surface area (TPSA) is 38.3 Å². The molecule has 2 aromatic rings. The third kappa shape index (κ3) is 4.64. The third-order valence-corrected chi connectivity index (χ3v) is 3.70. The molecule has 7 heteroatoms. The predicted octanol–water partition coefficient (Wildman–Crippen LogP) is 4.94. The molecule has 0 aliphatic carbocycles. The van der Waals surface area contributed by atoms with Crippen LogP contribution in [0.1, 0.15) is 17.5 Å². The summed E-state index contributed by atoms with van der Waals surface area (Å²) in [6.45, 7) is 0. The summed E-state index contributed by atoms with van der Waals surface area (Å²) in [6, 6.07) is 10.5. The number of benzene rings is 2. The van der Waals surface area contributed by atoms with Gasteiger partial charge in [0.1, 0.15) is 5.75 Å². The number of methoxy groups -OCH3 is 1. The fourth-order valence-electron chi connectivity index (χ4n) is 2.20. The fraction of sp³-hybridized carbons (Fsp3) is 0.235. The van der Waals surface area contributed by atoms with Crippen molar-refractivity contribution in [3.63, 3.8) is 0 Å². The van der Waals surface area contributed by atoms with Crippen LogP contribution in [0, 0.1) is 0 Å². The number of nitrogens with one attached hydrogen (secondary N) is 1. The lowest BCUT2D eigenvalue weighted by Crippen LogP contribution is -2.14. The summed E-state index contributed by atoms with van der Waals surface area (Å²) in [7, 11) is 1.53. The van der Waals surface area contributed by atoms with Gasteiger partial charge in [-0.3, -0.25) is 4.79 Å². The number of rotatable bonds is 5. The van der Waals surface area contributed by atoms with E-state index in [9.17, 15) is 18.0 Å². The van der Waals surface area contributed by atoms with E-state index in [1.807, 2.05) is 18.2 Å². The molecule has 2 aromatic carbocycles. The third-order valence-electron chi connectivity index (χ3n) is 3.37. The molecular formula is C17H15ClF3NO2. The van der Waals surface area contributed by atoms with Crippen LogP contribution in [0.15, 0.2) is 42.5 Å². The highest BCUT2D eigenvalue weighted by Crippen LogP contribution is 2.36. The summed E-state index contributed by atoms with van der Waals surface area (Å²) >= 11 is 5.55. The quantitative estimate of drug-likeness (QED) is 0.823. The van der Waals surface area contributed by atoms with Crippen LogP contribution in [0.25, 0.3) is 0 Å². The van der Waals surface area contributed by atoms with Gasteiger partial charge in [-0.05, 0) is 36.2 Å². The molecular weight excluding hydrogens is 343 g/mol. The summed E-state index contributed by atoms with van der Waals surface area (Å²) in [5.74, 6) is 0.271. The van der Waals surface area contributed by atoms with Gasteiger partial charge in [-0.2, -0.15) is 13.2 Å². The maximum absolute atomic E-state index is 12.8. The zero-order valence-electron chi connectivity index (χ0n) is 12.8. The van der Waals surface area contributed by atoms with Crippen molar-refractivity contribution in [1.29, 1.82) is 0 Å². The second-order valence-corrected chi connectivity index (χ2v) is 5.46. The Kier molecular flexibility index (Phi) is 5.72. The Morgan fingerprint density at radius 3 is 2.58 bits per heavy atom. The molecule has 0 aliphatic rings. The van der Waals surface area contributed by atoms with Gasteiger partial charge in [0.25, 0.3) is 0 Å². The largest absolute Gasteiger partial charge is 0.496 e. The highest BCUT2D eigenvalue weighted by molar-refractivity contribution is 6.31. The molecule has 0 bridgehead atoms. The summed E-state index contributed by atoms with van der Waals surface area (Å²) < 4.78 is 43.6. The van der Waals surface area contributed by atoms with Gasteiger partial charge in [0.05, 0.1) is 17.7 Å². The van der Waals surface area contributed by atoms with Crippen molar-refractivity contribution in [2.24, 2.45) is 0 Å². The molecule has 3 nitrogen and oxygen atoms in total. The van der Waals surface area contributed by atoms with Gasteiger partial charge < -0.3 is 10.1 Å². The number of amides is 1. The zero-order chi connectivity index (χ0) is 17.7. The maximum Gasteiger partial charge on any atom is 0.417 e. The van der Waals surface area contributed by atoms with Crippen LogP contribution < -0.4 is 10.1 Å². The minimum Gasteiger partial charge on any atom is -0.496 e. The Morgan fingerprint density at radius 2 is 1.92 bits per heavy atom. The summed E-state index contributed by atoms with van der Waals surface area (Å²) in [5, 5.41) is 2.04. The summed E-state index contributed by atoms with van der Waals surface area (Å²) in [6.07, 6.45) is -4.05. The van der Waals surface area contributed by atoms with Gasteiger partial charge >= 0.3 is 6.18 Å². The lowest BCUT2D eigenvalue weighted by atomic mass is 10.1. The van der Waals surface area contributed by atoms with Gasteiger partial charge in [0, 0.05) is 12.1 Å². The molecule has 0 fully saturated rings. The van der Waals surface area contributed by atoms with E-state index in [0.717, 1.165) is 17.7 Å². The lowest BCUT2D eigenvalue weighted by molar-refractivity contribution is -0.137. The molecule has 0 spiro atoms. The minimum absolute atomic E-state index is 0.0525. The van der Waals surface area contributed by atoms with Crippen LogP contribution in [0.3, 0.4) is 0 Å². The van der Waals surface area contributed by atoms with Crippen LogP contribution in [0.2, 0.25) is 5.02 Å². The van der Waals surface area contributed by atoms with Crippen molar-refractivity contribution in [2.75, 3.05) is 12.4 Å². The van der Waals surface area contributed by atoms with Crippen molar-refractivity contribution in [1.82, 2.24) is 0 Å². The smallest absolute Gasteiger partial charge is 0.417 e. The Bertz CT molecular complexity index is 732. The van der Waals surface area contributed by atoms with Crippen LogP contribution >= 0.6 is 11.6 Å². The SMILES string of the molecule is COc1ccccc1CCC(=O)Nc1ccc(Cl)c(C(F)(F)F)c1. The first-order valence-electron chi connectivity index (χ1n) is 7.09. The van der Waals surface area contributed by atoms with Gasteiger partial charge in [0.15, 0.2) is 0 Å². The molecule has 0 atom stereocenters. The number of anilines is 1. The molecule has 0 heterocycles. The Hall–Kier alpha value is -2.21. The second kappa shape index (κ2) is 7.57. The molecule has 0 aromatic heterocycles. The van der Waals surface area contributed by atoms with Crippen LogP contribution in [-0.4, -0.2) is 13.0 Å². The summed E-state index contributed by atoms with van der Waals surface area (Å²) in [5.41, 5.74) is -0.0781. The number of halogens is 4. The first-order valence-corrected chi connectivity index (χ1v) is 7.47. The van der Waals surface area contributed by atoms with E-state index in [4.69, 9.17) is 16.3 Å². The number of carbonyl (C=O) groups excluding carboxylic acids is 1. The van der Waals surface area contributed by atoms with E-state index in [2.05, 4.69) is 5.32 Å². The average Bonchev–Trinajstić information content (AvgIpc) is 2.54. The number of aryl methyl sites for hydroxylation is 1. The van der Waals surface area contributed by atoms with Gasteiger partial charge in [0.2, 0.25) is 5.91 Å². The highest BCUT2D eigenvalue weighted by Gasteiger charge is 2.33. The van der Waals surface area contributed by atoms with Crippen LogP contribution in [0.4, 0.5) is 18.9 Å². The maximum atomic E-state index is 12.8. The lowest BCUT2D eigenvalue weighted by Gasteiger charge is -2.12. The van der Waals surface area contributed by atoms with Crippen molar-refractivity contribution in [3.8, 4) is 5.75 Å². The minimum atomic E-state index is -4.57. The first-order chi connectivity index (χ1) is 11.3. The highest BCUT2D eigenvalue weighted by atomic mass is 35.5. The van der Waals surface area contributed by atoms with E-state index < -0.39 is 22.7 Å². The number of alkyl halides is 3. The van der Waals surface area contributed by atoms with Crippen molar-refractivity contribution in [2.45, 2.75) is 19.0 Å². The first kappa shape index (κ1) is 18.1. The average molecular weight is 358 g/mol. The molecule has 24 heavy (non-hydrogen) atoms. The standard InChI is InChI=1S/C17H15ClF3NO2/c1-24-15-5-3-2-4-11(15)6-9-16(23)22-12-7-8-14(18)13(10-12)17(19,20)21/h2-5,7-8,10H,6,9H2,1H3,(H,22,23). The number of carbonyl (C=O) groups is 1. The van der Waals surface area contributed by atoms with Crippen molar-refractivity contribution < 1.29 is 22.7 Å². The van der Waals surface area contributed by atoms with Crippen molar-refractivity contribution >= 4 is 23.2 Å². The summed E-state index contributed by atoms with van der Waals surface area (Å²) in [4.78, 5) is 12.0. The molecule has 2 rings (SSSR count). The monoisotopic (exact) mass is 357 g/mol. The molecule has 0 radical (unpaired) electrons. The molecule has 128 valence electrons. The van der Waals surface area contributed by atoms with Crippen LogP contribution in [-0.2, 0) is 17.4 Å². The molecule has 0 saturated heterocycles. The fourth-order valence-corrected chi connectivity index (χ4v) is 2.43. The van der Waals surface area contributed by atoms with Crippen LogP contribution in [0.5, 0.6) is 5.75 Å². The molecule has 1 amide bonds. The molecule has 0 aliphatic heterocycles.